The van der Waals surface area contributed by atoms with E-state index in [4.69, 9.17) is 5.11 Å². The third-order valence-corrected chi connectivity index (χ3v) is 1.83. The summed E-state index contributed by atoms with van der Waals surface area (Å²) in [4.78, 5) is 11.1. The number of carboxylic acid groups (broad SMARTS) is 1. The van der Waals surface area contributed by atoms with Crippen molar-refractivity contribution in [3.05, 3.63) is 0 Å². The molecule has 0 aliphatic carbocycles. The summed E-state index contributed by atoms with van der Waals surface area (Å²) in [6.07, 6.45) is 0.876. The van der Waals surface area contributed by atoms with Crippen LogP contribution >= 0.6 is 0 Å². The highest BCUT2D eigenvalue weighted by Gasteiger charge is 2.35. The predicted octanol–water partition coefficient (Wildman–Crippen LogP) is 0.758. The molecule has 0 saturated carbocycles. The van der Waals surface area contributed by atoms with Gasteiger partial charge >= 0.3 is 5.97 Å². The Balaban J connectivity index is 2.58. The molecular weight excluding hydrogens is 156 g/mol. The van der Waals surface area contributed by atoms with Crippen LogP contribution in [-0.2, 0) is 4.79 Å². The zero-order chi connectivity index (χ0) is 8.43. The van der Waals surface area contributed by atoms with Crippen molar-refractivity contribution >= 4 is 5.97 Å². The molecule has 1 fully saturated rings. The molecule has 1 saturated heterocycles. The van der Waals surface area contributed by atoms with Crippen LogP contribution in [0.4, 0.5) is 8.78 Å². The number of hydrogen-bond donors (Lipinski definition) is 1. The standard InChI is InChI=1S/C6H9F2NO2/c7-6(8)9-3-1-2-4(9)5(10)11/h4,6H,1-3H2,(H,10,11). The normalized spacial score (nSPS) is 26.3. The van der Waals surface area contributed by atoms with Crippen LogP contribution in [0.1, 0.15) is 12.8 Å². The van der Waals surface area contributed by atoms with E-state index in [1.165, 1.54) is 0 Å². The van der Waals surface area contributed by atoms with Gasteiger partial charge in [0.1, 0.15) is 6.04 Å². The van der Waals surface area contributed by atoms with E-state index in [-0.39, 0.29) is 6.54 Å². The number of halogens is 2. The fraction of sp³-hybridized carbons (Fsp3) is 0.833. The molecule has 0 amide bonds. The molecule has 1 aliphatic heterocycles. The number of likely N-dealkylation sites (tertiary alicyclic amines) is 1. The van der Waals surface area contributed by atoms with Gasteiger partial charge in [0.05, 0.1) is 0 Å². The Kier molecular flexibility index (Phi) is 2.38. The minimum atomic E-state index is -2.64. The van der Waals surface area contributed by atoms with E-state index in [0.717, 1.165) is 0 Å². The first-order chi connectivity index (χ1) is 5.13. The zero-order valence-corrected chi connectivity index (χ0v) is 5.83. The first-order valence-electron chi connectivity index (χ1n) is 3.39. The second-order valence-electron chi connectivity index (χ2n) is 2.51. The molecule has 0 spiro atoms. The first-order valence-corrected chi connectivity index (χ1v) is 3.39. The number of carboxylic acids is 1. The van der Waals surface area contributed by atoms with Crippen molar-refractivity contribution < 1.29 is 18.7 Å². The van der Waals surface area contributed by atoms with E-state index in [0.29, 0.717) is 17.7 Å². The van der Waals surface area contributed by atoms with Gasteiger partial charge in [0.25, 0.3) is 6.55 Å². The summed E-state index contributed by atoms with van der Waals surface area (Å²) < 4.78 is 24.0. The van der Waals surface area contributed by atoms with Gasteiger partial charge in [-0.05, 0) is 12.8 Å². The van der Waals surface area contributed by atoms with Crippen LogP contribution in [0.5, 0.6) is 0 Å². The molecule has 0 aromatic heterocycles. The summed E-state index contributed by atoms with van der Waals surface area (Å²) in [5.41, 5.74) is 0. The largest absolute Gasteiger partial charge is 0.480 e. The molecule has 64 valence electrons. The van der Waals surface area contributed by atoms with Crippen molar-refractivity contribution in [1.82, 2.24) is 4.90 Å². The SMILES string of the molecule is O=C(O)C1CCCN1C(F)F. The van der Waals surface area contributed by atoms with E-state index in [9.17, 15) is 13.6 Å². The Morgan fingerprint density at radius 2 is 2.27 bits per heavy atom. The molecule has 0 aromatic rings. The number of aliphatic carboxylic acids is 1. The summed E-state index contributed by atoms with van der Waals surface area (Å²) in [5, 5.41) is 8.46. The lowest BCUT2D eigenvalue weighted by Gasteiger charge is -2.18. The van der Waals surface area contributed by atoms with Crippen LogP contribution in [0.25, 0.3) is 0 Å². The lowest BCUT2D eigenvalue weighted by molar-refractivity contribution is -0.148. The van der Waals surface area contributed by atoms with Gasteiger partial charge in [-0.3, -0.25) is 4.79 Å². The third kappa shape index (κ3) is 1.65. The Bertz CT molecular complexity index is 163. The second-order valence-corrected chi connectivity index (χ2v) is 2.51. The first kappa shape index (κ1) is 8.39. The Morgan fingerprint density at radius 1 is 1.64 bits per heavy atom. The van der Waals surface area contributed by atoms with Gasteiger partial charge in [0, 0.05) is 6.54 Å². The molecule has 1 rings (SSSR count). The van der Waals surface area contributed by atoms with Crippen molar-refractivity contribution in [2.24, 2.45) is 0 Å². The highest BCUT2D eigenvalue weighted by molar-refractivity contribution is 5.73. The molecule has 11 heavy (non-hydrogen) atoms. The molecule has 0 aromatic carbocycles. The molecule has 5 heteroatoms. The average Bonchev–Trinajstić information content (AvgIpc) is 2.32. The minimum absolute atomic E-state index is 0.189. The molecule has 3 nitrogen and oxygen atoms in total. The van der Waals surface area contributed by atoms with Crippen LogP contribution < -0.4 is 0 Å². The Labute approximate surface area is 62.6 Å². The van der Waals surface area contributed by atoms with Gasteiger partial charge in [-0.1, -0.05) is 0 Å². The van der Waals surface area contributed by atoms with Gasteiger partial charge in [-0.15, -0.1) is 0 Å². The fourth-order valence-electron chi connectivity index (χ4n) is 1.29. The Hall–Kier alpha value is -0.710. The minimum Gasteiger partial charge on any atom is -0.480 e. The maximum absolute atomic E-state index is 12.0. The second kappa shape index (κ2) is 3.13. The van der Waals surface area contributed by atoms with E-state index < -0.39 is 18.6 Å². The quantitative estimate of drug-likeness (QED) is 0.614. The predicted molar refractivity (Wildman–Crippen MR) is 33.4 cm³/mol. The lowest BCUT2D eigenvalue weighted by Crippen LogP contribution is -2.39. The zero-order valence-electron chi connectivity index (χ0n) is 5.83. The van der Waals surface area contributed by atoms with Crippen molar-refractivity contribution in [3.63, 3.8) is 0 Å². The highest BCUT2D eigenvalue weighted by Crippen LogP contribution is 2.21. The topological polar surface area (TPSA) is 40.5 Å². The third-order valence-electron chi connectivity index (χ3n) is 1.83. The van der Waals surface area contributed by atoms with Crippen LogP contribution in [-0.4, -0.2) is 35.1 Å². The van der Waals surface area contributed by atoms with Crippen molar-refractivity contribution in [3.8, 4) is 0 Å². The molecule has 1 aliphatic rings. The van der Waals surface area contributed by atoms with E-state index in [1.54, 1.807) is 0 Å². The van der Waals surface area contributed by atoms with Gasteiger partial charge in [-0.2, -0.15) is 8.78 Å². The number of alkyl halides is 2. The lowest BCUT2D eigenvalue weighted by atomic mass is 10.2. The molecule has 1 atom stereocenters. The maximum Gasteiger partial charge on any atom is 0.321 e. The molecule has 0 bridgehead atoms. The summed E-state index contributed by atoms with van der Waals surface area (Å²) in [6, 6.07) is -0.977. The number of rotatable bonds is 2. The fourth-order valence-corrected chi connectivity index (χ4v) is 1.29. The maximum atomic E-state index is 12.0. The van der Waals surface area contributed by atoms with Crippen LogP contribution in [0.15, 0.2) is 0 Å². The molecule has 1 unspecified atom stereocenters. The van der Waals surface area contributed by atoms with Gasteiger partial charge in [0.2, 0.25) is 0 Å². The number of hydrogen-bond acceptors (Lipinski definition) is 2. The van der Waals surface area contributed by atoms with E-state index >= 15 is 0 Å². The van der Waals surface area contributed by atoms with E-state index in [2.05, 4.69) is 0 Å². The molecular formula is C6H9F2NO2. The van der Waals surface area contributed by atoms with Crippen LogP contribution in [0.3, 0.4) is 0 Å². The Morgan fingerprint density at radius 3 is 2.64 bits per heavy atom. The van der Waals surface area contributed by atoms with Crippen LogP contribution in [0.2, 0.25) is 0 Å². The monoisotopic (exact) mass is 165 g/mol. The van der Waals surface area contributed by atoms with E-state index in [1.807, 2.05) is 0 Å². The number of nitrogens with zero attached hydrogens (tertiary/aromatic N) is 1. The van der Waals surface area contributed by atoms with Crippen LogP contribution in [0, 0.1) is 0 Å². The summed E-state index contributed by atoms with van der Waals surface area (Å²) >= 11 is 0. The molecule has 1 heterocycles. The average molecular weight is 165 g/mol. The summed E-state index contributed by atoms with van der Waals surface area (Å²) in [7, 11) is 0. The smallest absolute Gasteiger partial charge is 0.321 e. The van der Waals surface area contributed by atoms with Crippen molar-refractivity contribution in [2.75, 3.05) is 6.54 Å². The van der Waals surface area contributed by atoms with Gasteiger partial charge < -0.3 is 5.11 Å². The van der Waals surface area contributed by atoms with Crippen molar-refractivity contribution in [2.45, 2.75) is 25.4 Å². The number of carbonyl (C=O) groups is 1. The highest BCUT2D eigenvalue weighted by atomic mass is 19.3. The summed E-state index contributed by atoms with van der Waals surface area (Å²) in [5.74, 6) is -1.15. The molecule has 1 N–H and O–H groups in total. The van der Waals surface area contributed by atoms with Crippen molar-refractivity contribution in [1.29, 1.82) is 0 Å². The van der Waals surface area contributed by atoms with Gasteiger partial charge in [-0.25, -0.2) is 4.90 Å². The molecule has 0 radical (unpaired) electrons. The van der Waals surface area contributed by atoms with Gasteiger partial charge in [0.15, 0.2) is 0 Å². The summed E-state index contributed by atoms with van der Waals surface area (Å²) in [6.45, 7) is -2.45.